The van der Waals surface area contributed by atoms with Crippen LogP contribution in [-0.2, 0) is 18.5 Å². The van der Waals surface area contributed by atoms with Crippen molar-refractivity contribution < 1.29 is 91.5 Å². The molecule has 0 aliphatic heterocycles. The van der Waals surface area contributed by atoms with Gasteiger partial charge in [0, 0.05) is 16.4 Å². The van der Waals surface area contributed by atoms with E-state index in [0.29, 0.717) is 19.3 Å². The summed E-state index contributed by atoms with van der Waals surface area (Å²) in [5, 5.41) is -10.6. The third-order valence-electron chi connectivity index (χ3n) is 7.25. The van der Waals surface area contributed by atoms with Crippen molar-refractivity contribution in [2.45, 2.75) is 117 Å². The second-order valence-electron chi connectivity index (χ2n) is 10.8. The van der Waals surface area contributed by atoms with Gasteiger partial charge in [0.1, 0.15) is 5.78 Å². The molecule has 1 aliphatic carbocycles. The Kier molecular flexibility index (Phi) is 11.4. The van der Waals surface area contributed by atoms with Crippen LogP contribution in [0.1, 0.15) is 59.8 Å². The average molecular weight is 743 g/mol. The minimum Gasteiger partial charge on any atom is -0.298 e. The molecular weight excluding hydrogens is 715 g/mol. The van der Waals surface area contributed by atoms with E-state index in [9.17, 15) is 87.8 Å². The topological polar surface area (TPSA) is 60.4 Å². The van der Waals surface area contributed by atoms with Crippen molar-refractivity contribution in [2.75, 3.05) is 5.75 Å². The molecule has 1 rings (SSSR count). The first kappa shape index (κ1) is 41.8. The smallest absolute Gasteiger partial charge is 0.298 e. The maximum atomic E-state index is 14.8. The number of hydrogen-bond donors (Lipinski definition) is 0. The molecule has 0 aromatic carbocycles. The van der Waals surface area contributed by atoms with Gasteiger partial charge in [-0.05, 0) is 12.8 Å². The number of alkyl halides is 17. The van der Waals surface area contributed by atoms with Gasteiger partial charge in [-0.15, -0.1) is 10.3 Å². The Morgan fingerprint density at radius 3 is 1.27 bits per heavy atom. The van der Waals surface area contributed by atoms with Crippen LogP contribution < -0.4 is 0 Å². The minimum absolute atomic E-state index is 0.207. The molecule has 4 nitrogen and oxygen atoms in total. The standard InChI is InChI=1S/C22H27F17O4S2/c1-11(2)44(12(3)4,10-14(40)13-8-6-5-7-9-13)43-45(41,42)22(38,39)20(33,34)18(29,30)16(25,26)15(23,24)17(27,28)19(31,32)21(35,36)37/h11-13H,5-10H2,1-4H3. The lowest BCUT2D eigenvalue weighted by Gasteiger charge is -2.47. The van der Waals surface area contributed by atoms with Crippen molar-refractivity contribution in [3.05, 3.63) is 0 Å². The van der Waals surface area contributed by atoms with E-state index in [2.05, 4.69) is 3.63 Å². The highest BCUT2D eigenvalue weighted by Gasteiger charge is 2.96. The largest absolute Gasteiger partial charge is 0.460 e. The Bertz CT molecular complexity index is 1170. The van der Waals surface area contributed by atoms with Crippen molar-refractivity contribution in [1.29, 1.82) is 0 Å². The van der Waals surface area contributed by atoms with Gasteiger partial charge < -0.3 is 0 Å². The summed E-state index contributed by atoms with van der Waals surface area (Å²) in [6.45, 7) is 4.01. The highest BCUT2D eigenvalue weighted by Crippen LogP contribution is 2.66. The Balaban J connectivity index is 3.76. The van der Waals surface area contributed by atoms with Gasteiger partial charge in [0.25, 0.3) is 0 Å². The molecule has 0 radical (unpaired) electrons. The fourth-order valence-corrected chi connectivity index (χ4v) is 10.3. The van der Waals surface area contributed by atoms with Gasteiger partial charge in [-0.3, -0.25) is 4.79 Å². The number of hydrogen-bond acceptors (Lipinski definition) is 4. The minimum atomic E-state index is -8.93. The molecular formula is C22H27F17O4S2. The number of Topliss-reactive ketones (excluding diaryl/α,β-unsaturated/α-hetero) is 1. The summed E-state index contributed by atoms with van der Waals surface area (Å²) in [5.74, 6) is -54.9. The predicted molar refractivity (Wildman–Crippen MR) is 125 cm³/mol. The lowest BCUT2D eigenvalue weighted by Crippen LogP contribution is -2.75. The SMILES string of the molecule is CC(C)S(CC(=O)C1CCCCC1)(OS(=O)(=O)C(F)(F)C(F)(F)C(F)(F)C(F)(F)C(F)(F)C(F)(F)C(F)(F)C(F)(F)F)C(C)C. The first-order chi connectivity index (χ1) is 19.6. The summed E-state index contributed by atoms with van der Waals surface area (Å²) in [6.07, 6.45) is -5.87. The second-order valence-corrected chi connectivity index (χ2v) is 16.5. The first-order valence-corrected chi connectivity index (χ1v) is 15.8. The Morgan fingerprint density at radius 2 is 0.933 bits per heavy atom. The van der Waals surface area contributed by atoms with Crippen LogP contribution in [0.2, 0.25) is 0 Å². The lowest BCUT2D eigenvalue weighted by molar-refractivity contribution is -0.458. The fraction of sp³-hybridized carbons (Fsp3) is 0.955. The second kappa shape index (κ2) is 12.3. The summed E-state index contributed by atoms with van der Waals surface area (Å²) >= 11 is 0. The number of ketones is 1. The third kappa shape index (κ3) is 6.34. The third-order valence-corrected chi connectivity index (χ3v) is 13.8. The molecule has 0 spiro atoms. The normalized spacial score (nSPS) is 18.6. The molecule has 270 valence electrons. The van der Waals surface area contributed by atoms with E-state index >= 15 is 0 Å². The molecule has 1 saturated carbocycles. The fourth-order valence-electron chi connectivity index (χ4n) is 4.34. The van der Waals surface area contributed by atoms with Crippen molar-refractivity contribution >= 4 is 26.2 Å². The van der Waals surface area contributed by atoms with Crippen LogP contribution in [0.15, 0.2) is 0 Å². The predicted octanol–water partition coefficient (Wildman–Crippen LogP) is 8.99. The van der Waals surface area contributed by atoms with Crippen LogP contribution in [0.3, 0.4) is 0 Å². The molecule has 0 atom stereocenters. The number of carbonyl (C=O) groups excluding carboxylic acids is 1. The monoisotopic (exact) mass is 742 g/mol. The summed E-state index contributed by atoms with van der Waals surface area (Å²) in [6, 6.07) is 0. The maximum Gasteiger partial charge on any atom is 0.460 e. The van der Waals surface area contributed by atoms with Crippen molar-refractivity contribution in [1.82, 2.24) is 0 Å². The molecule has 0 aromatic heterocycles. The Labute approximate surface area is 247 Å². The summed E-state index contributed by atoms with van der Waals surface area (Å²) in [4.78, 5) is 12.9. The van der Waals surface area contributed by atoms with Gasteiger partial charge in [0.15, 0.2) is 0 Å². The molecule has 0 amide bonds. The van der Waals surface area contributed by atoms with E-state index < -0.39 is 95.3 Å². The summed E-state index contributed by atoms with van der Waals surface area (Å²) in [7, 11) is -11.8. The van der Waals surface area contributed by atoms with Gasteiger partial charge in [0.2, 0.25) is 0 Å². The zero-order valence-electron chi connectivity index (χ0n) is 23.3. The number of rotatable bonds is 14. The zero-order chi connectivity index (χ0) is 36.3. The van der Waals surface area contributed by atoms with Gasteiger partial charge in [-0.1, -0.05) is 47.0 Å². The molecule has 1 fully saturated rings. The van der Waals surface area contributed by atoms with Crippen LogP contribution in [0, 0.1) is 5.92 Å². The molecule has 23 heteroatoms. The molecule has 45 heavy (non-hydrogen) atoms. The average Bonchev–Trinajstić information content (AvgIpc) is 2.86. The number of carbonyl (C=O) groups is 1. The van der Waals surface area contributed by atoms with E-state index in [0.717, 1.165) is 27.7 Å². The molecule has 0 unspecified atom stereocenters. The number of halogens is 17. The van der Waals surface area contributed by atoms with Crippen molar-refractivity contribution in [2.24, 2.45) is 5.92 Å². The zero-order valence-corrected chi connectivity index (χ0v) is 25.0. The van der Waals surface area contributed by atoms with Gasteiger partial charge in [-0.25, -0.2) is 3.63 Å². The van der Waals surface area contributed by atoms with E-state index in [1.54, 1.807) is 0 Å². The highest BCUT2D eigenvalue weighted by atomic mass is 32.3. The van der Waals surface area contributed by atoms with Crippen molar-refractivity contribution in [3.8, 4) is 0 Å². The van der Waals surface area contributed by atoms with Crippen LogP contribution in [-0.4, -0.2) is 77.4 Å². The quantitative estimate of drug-likeness (QED) is 0.167. The van der Waals surface area contributed by atoms with E-state index in [1.807, 2.05) is 0 Å². The summed E-state index contributed by atoms with van der Waals surface area (Å²) in [5.41, 5.74) is 0. The van der Waals surface area contributed by atoms with Crippen LogP contribution in [0.4, 0.5) is 74.6 Å². The lowest BCUT2D eigenvalue weighted by atomic mass is 9.87. The first-order valence-electron chi connectivity index (χ1n) is 12.6. The van der Waals surface area contributed by atoms with E-state index in [4.69, 9.17) is 0 Å². The van der Waals surface area contributed by atoms with Crippen LogP contribution in [0.25, 0.3) is 0 Å². The Morgan fingerprint density at radius 1 is 0.600 bits per heavy atom. The van der Waals surface area contributed by atoms with E-state index in [-0.39, 0.29) is 12.8 Å². The van der Waals surface area contributed by atoms with Crippen LogP contribution in [0.5, 0.6) is 0 Å². The van der Waals surface area contributed by atoms with Crippen molar-refractivity contribution in [3.63, 3.8) is 0 Å². The summed E-state index contributed by atoms with van der Waals surface area (Å²) < 4.78 is 261. The Hall–Kier alpha value is -1.26. The molecule has 0 saturated heterocycles. The molecule has 0 aromatic rings. The molecule has 0 N–H and O–H groups in total. The highest BCUT2D eigenvalue weighted by molar-refractivity contribution is 8.34. The van der Waals surface area contributed by atoms with Crippen LogP contribution >= 0.6 is 10.3 Å². The van der Waals surface area contributed by atoms with E-state index in [1.165, 1.54) is 0 Å². The van der Waals surface area contributed by atoms with Gasteiger partial charge in [-0.2, -0.15) is 83.1 Å². The molecule has 0 bridgehead atoms. The van der Waals surface area contributed by atoms with Gasteiger partial charge in [0.05, 0.1) is 5.75 Å². The van der Waals surface area contributed by atoms with Gasteiger partial charge >= 0.3 is 57.1 Å². The molecule has 1 aliphatic rings. The maximum absolute atomic E-state index is 14.8. The molecule has 0 heterocycles.